The van der Waals surface area contributed by atoms with E-state index in [1.807, 2.05) is 52.0 Å². The molecule has 35 heavy (non-hydrogen) atoms. The zero-order chi connectivity index (χ0) is 25.8. The minimum atomic E-state index is -1.25. The molecule has 1 unspecified atom stereocenters. The van der Waals surface area contributed by atoms with E-state index in [4.69, 9.17) is 9.47 Å². The van der Waals surface area contributed by atoms with Crippen LogP contribution in [0.4, 0.5) is 10.6 Å². The summed E-state index contributed by atoms with van der Waals surface area (Å²) >= 11 is 0. The van der Waals surface area contributed by atoms with E-state index in [1.165, 1.54) is 6.42 Å². The van der Waals surface area contributed by atoms with E-state index in [2.05, 4.69) is 15.6 Å². The standard InChI is InChI=1S/C27H37N3O5/c1-16-21(23(25(31)32)35-27(3,4)5)22(18-12-14-20(34-6)15-13-18)17(2)28-24(16)30-26(33)29-19-10-8-7-9-11-19/h12-15,19,23H,7-11H2,1-6H3,(H,31,32)(H2,28,29,30,33). The SMILES string of the molecule is COc1ccc(-c2c(C)nc(NC(=O)NC3CCCCC3)c(C)c2C(OC(C)(C)C)C(=O)O)cc1. The van der Waals surface area contributed by atoms with Gasteiger partial charge in [-0.15, -0.1) is 0 Å². The number of carbonyl (C=O) groups is 2. The molecule has 1 aromatic heterocycles. The van der Waals surface area contributed by atoms with Crippen LogP contribution in [0.25, 0.3) is 11.1 Å². The van der Waals surface area contributed by atoms with Crippen molar-refractivity contribution in [1.82, 2.24) is 10.3 Å². The van der Waals surface area contributed by atoms with Crippen molar-refractivity contribution in [2.75, 3.05) is 12.4 Å². The van der Waals surface area contributed by atoms with E-state index < -0.39 is 17.7 Å². The molecule has 1 saturated carbocycles. The molecule has 3 N–H and O–H groups in total. The number of hydrogen-bond acceptors (Lipinski definition) is 5. The number of nitrogens with zero attached hydrogens (tertiary/aromatic N) is 1. The lowest BCUT2D eigenvalue weighted by atomic mass is 9.91. The molecule has 1 aromatic carbocycles. The first-order valence-electron chi connectivity index (χ1n) is 12.1. The maximum Gasteiger partial charge on any atom is 0.337 e. The smallest absolute Gasteiger partial charge is 0.337 e. The maximum absolute atomic E-state index is 12.8. The second-order valence-corrected chi connectivity index (χ2v) is 10.1. The molecule has 2 amide bonds. The van der Waals surface area contributed by atoms with Crippen molar-refractivity contribution in [2.24, 2.45) is 0 Å². The second-order valence-electron chi connectivity index (χ2n) is 10.1. The minimum absolute atomic E-state index is 0.138. The fraction of sp³-hybridized carbons (Fsp3) is 0.519. The molecule has 1 aliphatic carbocycles. The Labute approximate surface area is 207 Å². The van der Waals surface area contributed by atoms with Crippen molar-refractivity contribution in [3.63, 3.8) is 0 Å². The van der Waals surface area contributed by atoms with Crippen molar-refractivity contribution in [2.45, 2.75) is 84.5 Å². The van der Waals surface area contributed by atoms with Crippen molar-refractivity contribution in [3.05, 3.63) is 41.1 Å². The molecule has 1 aliphatic rings. The number of nitrogens with one attached hydrogen (secondary N) is 2. The molecule has 0 spiro atoms. The van der Waals surface area contributed by atoms with Crippen molar-refractivity contribution >= 4 is 17.8 Å². The first kappa shape index (κ1) is 26.5. The number of aromatic nitrogens is 1. The van der Waals surface area contributed by atoms with Gasteiger partial charge in [0.15, 0.2) is 6.10 Å². The zero-order valence-electron chi connectivity index (χ0n) is 21.5. The van der Waals surface area contributed by atoms with Gasteiger partial charge in [0, 0.05) is 22.9 Å². The number of methoxy groups -OCH3 is 1. The van der Waals surface area contributed by atoms with E-state index in [1.54, 1.807) is 14.0 Å². The molecule has 0 saturated heterocycles. The van der Waals surface area contributed by atoms with Gasteiger partial charge in [-0.05, 0) is 70.7 Å². The van der Waals surface area contributed by atoms with Crippen LogP contribution >= 0.6 is 0 Å². The molecule has 0 radical (unpaired) electrons. The highest BCUT2D eigenvalue weighted by molar-refractivity contribution is 5.91. The Bertz CT molecular complexity index is 1050. The van der Waals surface area contributed by atoms with Crippen molar-refractivity contribution in [1.29, 1.82) is 0 Å². The number of aliphatic carboxylic acids is 1. The van der Waals surface area contributed by atoms with E-state index in [9.17, 15) is 14.7 Å². The third-order valence-corrected chi connectivity index (χ3v) is 6.18. The van der Waals surface area contributed by atoms with Crippen LogP contribution in [0.2, 0.25) is 0 Å². The predicted molar refractivity (Wildman–Crippen MR) is 136 cm³/mol. The average Bonchev–Trinajstić information content (AvgIpc) is 2.79. The van der Waals surface area contributed by atoms with Crippen LogP contribution in [0, 0.1) is 13.8 Å². The van der Waals surface area contributed by atoms with Crippen LogP contribution in [0.5, 0.6) is 5.75 Å². The van der Waals surface area contributed by atoms with Gasteiger partial charge >= 0.3 is 12.0 Å². The van der Waals surface area contributed by atoms with Gasteiger partial charge in [-0.1, -0.05) is 31.4 Å². The molecule has 1 fully saturated rings. The summed E-state index contributed by atoms with van der Waals surface area (Å²) < 4.78 is 11.3. The van der Waals surface area contributed by atoms with Gasteiger partial charge in [0.1, 0.15) is 11.6 Å². The van der Waals surface area contributed by atoms with Gasteiger partial charge in [-0.2, -0.15) is 0 Å². The molecule has 0 bridgehead atoms. The number of aryl methyl sites for hydroxylation is 1. The Morgan fingerprint density at radius 1 is 1.09 bits per heavy atom. The number of rotatable bonds is 7. The lowest BCUT2D eigenvalue weighted by Crippen LogP contribution is -2.39. The summed E-state index contributed by atoms with van der Waals surface area (Å²) in [5.74, 6) is -0.0937. The van der Waals surface area contributed by atoms with Gasteiger partial charge in [0.2, 0.25) is 0 Å². The highest BCUT2D eigenvalue weighted by atomic mass is 16.5. The molecule has 0 aliphatic heterocycles. The van der Waals surface area contributed by atoms with Gasteiger partial charge in [-0.25, -0.2) is 14.6 Å². The van der Waals surface area contributed by atoms with Crippen LogP contribution in [-0.2, 0) is 9.53 Å². The van der Waals surface area contributed by atoms with Gasteiger partial charge in [0.05, 0.1) is 12.7 Å². The summed E-state index contributed by atoms with van der Waals surface area (Å²) in [7, 11) is 1.59. The summed E-state index contributed by atoms with van der Waals surface area (Å²) in [5, 5.41) is 16.1. The fourth-order valence-corrected chi connectivity index (χ4v) is 4.55. The van der Waals surface area contributed by atoms with Crippen LogP contribution in [0.3, 0.4) is 0 Å². The van der Waals surface area contributed by atoms with E-state index in [0.29, 0.717) is 34.0 Å². The molecular weight excluding hydrogens is 446 g/mol. The number of pyridine rings is 1. The van der Waals surface area contributed by atoms with Crippen LogP contribution < -0.4 is 15.4 Å². The van der Waals surface area contributed by atoms with E-state index >= 15 is 0 Å². The Balaban J connectivity index is 2.08. The normalized spacial score (nSPS) is 15.4. The molecule has 3 rings (SSSR count). The monoisotopic (exact) mass is 483 g/mol. The highest BCUT2D eigenvalue weighted by Gasteiger charge is 2.33. The lowest BCUT2D eigenvalue weighted by Gasteiger charge is -2.29. The number of carboxylic acids is 1. The average molecular weight is 484 g/mol. The molecule has 1 heterocycles. The highest BCUT2D eigenvalue weighted by Crippen LogP contribution is 2.39. The van der Waals surface area contributed by atoms with E-state index in [-0.39, 0.29) is 12.1 Å². The summed E-state index contributed by atoms with van der Waals surface area (Å²) in [6, 6.07) is 7.17. The number of carbonyl (C=O) groups excluding carboxylic acids is 1. The molecule has 8 heteroatoms. The predicted octanol–water partition coefficient (Wildman–Crippen LogP) is 5.77. The maximum atomic E-state index is 12.8. The minimum Gasteiger partial charge on any atom is -0.497 e. The third kappa shape index (κ3) is 6.72. The Morgan fingerprint density at radius 3 is 2.26 bits per heavy atom. The quantitative estimate of drug-likeness (QED) is 0.461. The van der Waals surface area contributed by atoms with Gasteiger partial charge < -0.3 is 19.9 Å². The molecule has 190 valence electrons. The number of benzene rings is 1. The summed E-state index contributed by atoms with van der Waals surface area (Å²) in [6.45, 7) is 9.03. The van der Waals surface area contributed by atoms with Crippen LogP contribution in [-0.4, -0.2) is 40.8 Å². The van der Waals surface area contributed by atoms with Crippen molar-refractivity contribution < 1.29 is 24.2 Å². The van der Waals surface area contributed by atoms with Crippen LogP contribution in [0.1, 0.15) is 75.8 Å². The summed E-state index contributed by atoms with van der Waals surface area (Å²) in [6.07, 6.45) is 4.07. The van der Waals surface area contributed by atoms with Crippen molar-refractivity contribution in [3.8, 4) is 16.9 Å². The first-order chi connectivity index (χ1) is 16.5. The number of ether oxygens (including phenoxy) is 2. The molecule has 2 aromatic rings. The summed E-state index contributed by atoms with van der Waals surface area (Å²) in [4.78, 5) is 29.9. The van der Waals surface area contributed by atoms with Gasteiger partial charge in [-0.3, -0.25) is 5.32 Å². The zero-order valence-corrected chi connectivity index (χ0v) is 21.5. The molecule has 8 nitrogen and oxygen atoms in total. The lowest BCUT2D eigenvalue weighted by molar-refractivity contribution is -0.160. The summed E-state index contributed by atoms with van der Waals surface area (Å²) in [5.41, 5.74) is 2.36. The third-order valence-electron chi connectivity index (χ3n) is 6.18. The number of carboxylic acid groups (broad SMARTS) is 1. The number of hydrogen-bond donors (Lipinski definition) is 3. The Morgan fingerprint density at radius 2 is 1.71 bits per heavy atom. The fourth-order valence-electron chi connectivity index (χ4n) is 4.55. The Hall–Kier alpha value is -3.13. The number of amides is 2. The Kier molecular flexibility index (Phi) is 8.38. The van der Waals surface area contributed by atoms with Gasteiger partial charge in [0.25, 0.3) is 0 Å². The molecular formula is C27H37N3O5. The second kappa shape index (κ2) is 11.1. The molecule has 1 atom stereocenters. The topological polar surface area (TPSA) is 110 Å². The van der Waals surface area contributed by atoms with E-state index in [0.717, 1.165) is 31.2 Å². The first-order valence-corrected chi connectivity index (χ1v) is 12.1. The van der Waals surface area contributed by atoms with Crippen LogP contribution in [0.15, 0.2) is 24.3 Å². The number of anilines is 1. The largest absolute Gasteiger partial charge is 0.497 e. The number of urea groups is 1.